The maximum Gasteiger partial charge on any atom is 0.136 e. The van der Waals surface area contributed by atoms with Gasteiger partial charge in [0.2, 0.25) is 0 Å². The molecule has 0 amide bonds. The Morgan fingerprint density at radius 3 is 2.81 bits per heavy atom. The van der Waals surface area contributed by atoms with Gasteiger partial charge >= 0.3 is 0 Å². The van der Waals surface area contributed by atoms with Crippen LogP contribution in [0.2, 0.25) is 0 Å². The molecular formula is C13H17N3. The molecule has 0 aliphatic heterocycles. The molecule has 0 bridgehead atoms. The van der Waals surface area contributed by atoms with Gasteiger partial charge in [-0.05, 0) is 26.8 Å². The number of hydrogen-bond donors (Lipinski definition) is 1. The molecule has 1 aromatic rings. The van der Waals surface area contributed by atoms with Crippen molar-refractivity contribution in [3.63, 3.8) is 0 Å². The van der Waals surface area contributed by atoms with Crippen LogP contribution in [-0.2, 0) is 0 Å². The number of rotatable bonds is 4. The van der Waals surface area contributed by atoms with Crippen molar-refractivity contribution < 1.29 is 0 Å². The van der Waals surface area contributed by atoms with E-state index in [0.29, 0.717) is 0 Å². The van der Waals surface area contributed by atoms with Crippen LogP contribution >= 0.6 is 0 Å². The van der Waals surface area contributed by atoms with Crippen molar-refractivity contribution in [3.05, 3.63) is 54.2 Å². The standard InChI is InChI=1S/C13H17N3/c1-10(2)6-5-7-12(4)16-13-11(3)8-14-9-15-13/h5-9H,1H2,2-4H3,(H,14,15,16)/b6-5-,12-7+. The highest BCUT2D eigenvalue weighted by molar-refractivity contribution is 5.46. The molecule has 0 atom stereocenters. The van der Waals surface area contributed by atoms with E-state index in [2.05, 4.69) is 21.9 Å². The van der Waals surface area contributed by atoms with Crippen LogP contribution in [0.25, 0.3) is 0 Å². The lowest BCUT2D eigenvalue weighted by molar-refractivity contribution is 1.12. The largest absolute Gasteiger partial charge is 0.344 e. The first-order valence-electron chi connectivity index (χ1n) is 5.13. The summed E-state index contributed by atoms with van der Waals surface area (Å²) >= 11 is 0. The molecular weight excluding hydrogens is 198 g/mol. The summed E-state index contributed by atoms with van der Waals surface area (Å²) in [5.74, 6) is 0.840. The molecule has 1 aromatic heterocycles. The Balaban J connectivity index is 2.68. The van der Waals surface area contributed by atoms with Crippen LogP contribution in [0.3, 0.4) is 0 Å². The summed E-state index contributed by atoms with van der Waals surface area (Å²) in [5, 5.41) is 3.21. The summed E-state index contributed by atoms with van der Waals surface area (Å²) in [5.41, 5.74) is 3.08. The normalized spacial score (nSPS) is 11.8. The quantitative estimate of drug-likeness (QED) is 0.783. The predicted octanol–water partition coefficient (Wildman–Crippen LogP) is 3.23. The lowest BCUT2D eigenvalue weighted by Crippen LogP contribution is -2.00. The maximum absolute atomic E-state index is 4.16. The SMILES string of the molecule is C=C(C)/C=C\C=C(/C)Nc1ncncc1C. The van der Waals surface area contributed by atoms with Crippen molar-refractivity contribution in [1.29, 1.82) is 0 Å². The molecule has 16 heavy (non-hydrogen) atoms. The summed E-state index contributed by atoms with van der Waals surface area (Å²) in [6, 6.07) is 0. The second-order valence-corrected chi connectivity index (χ2v) is 3.73. The van der Waals surface area contributed by atoms with Crippen molar-refractivity contribution in [2.24, 2.45) is 0 Å². The minimum Gasteiger partial charge on any atom is -0.344 e. The number of aromatic nitrogens is 2. The fourth-order valence-electron chi connectivity index (χ4n) is 1.12. The molecule has 0 aromatic carbocycles. The van der Waals surface area contributed by atoms with Gasteiger partial charge in [0.25, 0.3) is 0 Å². The molecule has 0 fully saturated rings. The zero-order valence-electron chi connectivity index (χ0n) is 9.99. The minimum absolute atomic E-state index is 0.840. The lowest BCUT2D eigenvalue weighted by Gasteiger charge is -2.06. The van der Waals surface area contributed by atoms with E-state index < -0.39 is 0 Å². The van der Waals surface area contributed by atoms with Crippen molar-refractivity contribution in [2.45, 2.75) is 20.8 Å². The van der Waals surface area contributed by atoms with Crippen LogP contribution in [0, 0.1) is 6.92 Å². The molecule has 0 unspecified atom stereocenters. The van der Waals surface area contributed by atoms with Crippen LogP contribution in [0.15, 0.2) is 48.6 Å². The number of nitrogens with one attached hydrogen (secondary N) is 1. The monoisotopic (exact) mass is 215 g/mol. The maximum atomic E-state index is 4.16. The molecule has 0 saturated heterocycles. The number of hydrogen-bond acceptors (Lipinski definition) is 3. The molecule has 3 nitrogen and oxygen atoms in total. The molecule has 1 rings (SSSR count). The second-order valence-electron chi connectivity index (χ2n) is 3.73. The van der Waals surface area contributed by atoms with Gasteiger partial charge in [-0.15, -0.1) is 0 Å². The van der Waals surface area contributed by atoms with E-state index in [1.165, 1.54) is 6.33 Å². The van der Waals surface area contributed by atoms with E-state index in [0.717, 1.165) is 22.7 Å². The van der Waals surface area contributed by atoms with E-state index in [1.54, 1.807) is 6.20 Å². The van der Waals surface area contributed by atoms with Crippen LogP contribution in [0.4, 0.5) is 5.82 Å². The first-order chi connectivity index (χ1) is 7.59. The highest BCUT2D eigenvalue weighted by Gasteiger charge is 1.97. The van der Waals surface area contributed by atoms with Gasteiger partial charge in [0.05, 0.1) is 0 Å². The third-order valence-corrected chi connectivity index (χ3v) is 1.94. The minimum atomic E-state index is 0.840. The van der Waals surface area contributed by atoms with Crippen LogP contribution in [0.5, 0.6) is 0 Å². The predicted molar refractivity (Wildman–Crippen MR) is 68.1 cm³/mol. The van der Waals surface area contributed by atoms with Gasteiger partial charge in [-0.2, -0.15) is 0 Å². The van der Waals surface area contributed by atoms with Gasteiger partial charge in [-0.25, -0.2) is 9.97 Å². The average Bonchev–Trinajstić information content (AvgIpc) is 2.21. The number of nitrogens with zero attached hydrogens (tertiary/aromatic N) is 2. The zero-order chi connectivity index (χ0) is 12.0. The van der Waals surface area contributed by atoms with Crippen molar-refractivity contribution in [2.75, 3.05) is 5.32 Å². The smallest absolute Gasteiger partial charge is 0.136 e. The molecule has 0 saturated carbocycles. The second kappa shape index (κ2) is 5.85. The molecule has 0 radical (unpaired) electrons. The molecule has 1 N–H and O–H groups in total. The zero-order valence-corrected chi connectivity index (χ0v) is 9.99. The van der Waals surface area contributed by atoms with Gasteiger partial charge in [0.15, 0.2) is 0 Å². The summed E-state index contributed by atoms with van der Waals surface area (Å²) in [4.78, 5) is 8.10. The van der Waals surface area contributed by atoms with Gasteiger partial charge in [0, 0.05) is 17.5 Å². The summed E-state index contributed by atoms with van der Waals surface area (Å²) < 4.78 is 0. The number of aryl methyl sites for hydroxylation is 1. The Hall–Kier alpha value is -1.90. The van der Waals surface area contributed by atoms with Crippen molar-refractivity contribution >= 4 is 5.82 Å². The van der Waals surface area contributed by atoms with Crippen LogP contribution < -0.4 is 5.32 Å². The van der Waals surface area contributed by atoms with E-state index in [9.17, 15) is 0 Å². The number of allylic oxidation sites excluding steroid dienone is 5. The fraction of sp³-hybridized carbons (Fsp3) is 0.231. The van der Waals surface area contributed by atoms with E-state index >= 15 is 0 Å². The molecule has 3 heteroatoms. The van der Waals surface area contributed by atoms with E-state index in [-0.39, 0.29) is 0 Å². The Labute approximate surface area is 96.6 Å². The number of anilines is 1. The Kier molecular flexibility index (Phi) is 4.45. The molecule has 0 aliphatic rings. The first kappa shape index (κ1) is 12.2. The molecule has 1 heterocycles. The Morgan fingerprint density at radius 2 is 2.19 bits per heavy atom. The highest BCUT2D eigenvalue weighted by atomic mass is 15.0. The van der Waals surface area contributed by atoms with Gasteiger partial charge in [0.1, 0.15) is 12.1 Å². The van der Waals surface area contributed by atoms with Crippen LogP contribution in [0.1, 0.15) is 19.4 Å². The average molecular weight is 215 g/mol. The Bertz CT molecular complexity index is 431. The summed E-state index contributed by atoms with van der Waals surface area (Å²) in [7, 11) is 0. The van der Waals surface area contributed by atoms with E-state index in [1.807, 2.05) is 39.0 Å². The third kappa shape index (κ3) is 4.09. The Morgan fingerprint density at radius 1 is 1.44 bits per heavy atom. The van der Waals surface area contributed by atoms with Gasteiger partial charge in [-0.1, -0.05) is 24.3 Å². The summed E-state index contributed by atoms with van der Waals surface area (Å²) in [6.07, 6.45) is 9.22. The van der Waals surface area contributed by atoms with Gasteiger partial charge < -0.3 is 5.32 Å². The lowest BCUT2D eigenvalue weighted by atomic mass is 10.3. The molecule has 0 spiro atoms. The topological polar surface area (TPSA) is 37.8 Å². The summed E-state index contributed by atoms with van der Waals surface area (Å²) in [6.45, 7) is 9.71. The van der Waals surface area contributed by atoms with Gasteiger partial charge in [-0.3, -0.25) is 0 Å². The fourth-order valence-corrected chi connectivity index (χ4v) is 1.12. The first-order valence-corrected chi connectivity index (χ1v) is 5.13. The molecule has 84 valence electrons. The molecule has 0 aliphatic carbocycles. The van der Waals surface area contributed by atoms with E-state index in [4.69, 9.17) is 0 Å². The van der Waals surface area contributed by atoms with Crippen molar-refractivity contribution in [1.82, 2.24) is 9.97 Å². The van der Waals surface area contributed by atoms with Crippen LogP contribution in [-0.4, -0.2) is 9.97 Å². The highest BCUT2D eigenvalue weighted by Crippen LogP contribution is 2.10. The van der Waals surface area contributed by atoms with Crippen molar-refractivity contribution in [3.8, 4) is 0 Å². The third-order valence-electron chi connectivity index (χ3n) is 1.94.